The van der Waals surface area contributed by atoms with E-state index in [-0.39, 0.29) is 12.4 Å². The minimum atomic E-state index is -0.910. The third-order valence-corrected chi connectivity index (χ3v) is 2.92. The smallest absolute Gasteiger partial charge is 0.323 e. The summed E-state index contributed by atoms with van der Waals surface area (Å²) in [5.74, 6) is -0.695. The van der Waals surface area contributed by atoms with Gasteiger partial charge in [-0.05, 0) is 24.6 Å². The molecule has 0 bridgehead atoms. The van der Waals surface area contributed by atoms with E-state index in [4.69, 9.17) is 5.11 Å². The van der Waals surface area contributed by atoms with Crippen LogP contribution in [0.25, 0.3) is 11.0 Å². The number of carbonyl (C=O) groups is 1. The Hall–Kier alpha value is -2.11. The van der Waals surface area contributed by atoms with Crippen molar-refractivity contribution in [3.63, 3.8) is 0 Å². The molecule has 2 rings (SSSR count). The molecule has 0 atom stereocenters. The fraction of sp³-hybridized carbons (Fsp3) is 0.385. The molecular weight excluding hydrogens is 249 g/mol. The summed E-state index contributed by atoms with van der Waals surface area (Å²) in [5.41, 5.74) is 1.31. The first-order valence-corrected chi connectivity index (χ1v) is 6.11. The van der Waals surface area contributed by atoms with Crippen LogP contribution in [0, 0.1) is 5.82 Å². The second-order valence-electron chi connectivity index (χ2n) is 4.42. The number of fused-ring (bicyclic) bond motifs is 1. The van der Waals surface area contributed by atoms with Gasteiger partial charge in [0.25, 0.3) is 0 Å². The number of hydrogen-bond donors (Lipinski definition) is 1. The maximum Gasteiger partial charge on any atom is 0.323 e. The van der Waals surface area contributed by atoms with Crippen LogP contribution in [0.3, 0.4) is 0 Å². The number of halogens is 1. The van der Waals surface area contributed by atoms with Crippen LogP contribution in [0.15, 0.2) is 18.2 Å². The molecule has 2 aromatic rings. The number of hydrogen-bond acceptors (Lipinski definition) is 3. The maximum atomic E-state index is 13.2. The van der Waals surface area contributed by atoms with Crippen LogP contribution >= 0.6 is 0 Å². The predicted octanol–water partition coefficient (Wildman–Crippen LogP) is 2.01. The molecule has 0 amide bonds. The van der Waals surface area contributed by atoms with Gasteiger partial charge < -0.3 is 14.6 Å². The van der Waals surface area contributed by atoms with Gasteiger partial charge in [-0.3, -0.25) is 4.79 Å². The molecule has 1 aromatic carbocycles. The lowest BCUT2D eigenvalue weighted by Gasteiger charge is -2.20. The first-order chi connectivity index (χ1) is 9.02. The molecule has 0 unspecified atom stereocenters. The second-order valence-corrected chi connectivity index (χ2v) is 4.42. The number of aliphatic carboxylic acids is 1. The van der Waals surface area contributed by atoms with E-state index in [0.717, 1.165) is 6.42 Å². The van der Waals surface area contributed by atoms with Gasteiger partial charge >= 0.3 is 5.97 Å². The quantitative estimate of drug-likeness (QED) is 0.898. The standard InChI is InChI=1S/C13H16FN3O2/c1-3-6-17(8-12(18)19)13-15-10-5-4-9(14)7-11(10)16(13)2/h4-5,7H,3,6,8H2,1-2H3,(H,18,19). The number of anilines is 1. The van der Waals surface area contributed by atoms with E-state index < -0.39 is 5.97 Å². The van der Waals surface area contributed by atoms with E-state index in [0.29, 0.717) is 23.5 Å². The molecule has 0 saturated carbocycles. The highest BCUT2D eigenvalue weighted by atomic mass is 19.1. The summed E-state index contributed by atoms with van der Waals surface area (Å²) in [4.78, 5) is 17.0. The van der Waals surface area contributed by atoms with Crippen molar-refractivity contribution in [3.8, 4) is 0 Å². The van der Waals surface area contributed by atoms with Gasteiger partial charge in [0, 0.05) is 13.6 Å². The molecule has 1 N–H and O–H groups in total. The molecular formula is C13H16FN3O2. The number of nitrogens with zero attached hydrogens (tertiary/aromatic N) is 3. The molecule has 0 aliphatic heterocycles. The zero-order chi connectivity index (χ0) is 14.0. The molecule has 19 heavy (non-hydrogen) atoms. The average Bonchev–Trinajstić information content (AvgIpc) is 2.66. The van der Waals surface area contributed by atoms with Gasteiger partial charge in [0.1, 0.15) is 12.4 Å². The van der Waals surface area contributed by atoms with Crippen LogP contribution in [-0.4, -0.2) is 33.7 Å². The molecule has 0 aliphatic carbocycles. The molecule has 0 saturated heterocycles. The van der Waals surface area contributed by atoms with Gasteiger partial charge in [0.15, 0.2) is 0 Å². The van der Waals surface area contributed by atoms with Crippen molar-refractivity contribution in [2.45, 2.75) is 13.3 Å². The Labute approximate surface area is 110 Å². The Kier molecular flexibility index (Phi) is 3.69. The third kappa shape index (κ3) is 2.67. The number of rotatable bonds is 5. The van der Waals surface area contributed by atoms with Crippen molar-refractivity contribution >= 4 is 23.0 Å². The van der Waals surface area contributed by atoms with Gasteiger partial charge in [-0.1, -0.05) is 6.92 Å². The lowest BCUT2D eigenvalue weighted by Crippen LogP contribution is -2.32. The first kappa shape index (κ1) is 13.3. The highest BCUT2D eigenvalue weighted by Crippen LogP contribution is 2.22. The number of carboxylic acid groups (broad SMARTS) is 1. The zero-order valence-electron chi connectivity index (χ0n) is 10.9. The van der Waals surface area contributed by atoms with Crippen LogP contribution in [0.4, 0.5) is 10.3 Å². The van der Waals surface area contributed by atoms with E-state index in [1.807, 2.05) is 6.92 Å². The monoisotopic (exact) mass is 265 g/mol. The molecule has 1 aromatic heterocycles. The summed E-state index contributed by atoms with van der Waals surface area (Å²) < 4.78 is 15.0. The zero-order valence-corrected chi connectivity index (χ0v) is 10.9. The fourth-order valence-corrected chi connectivity index (χ4v) is 2.12. The van der Waals surface area contributed by atoms with Crippen molar-refractivity contribution < 1.29 is 14.3 Å². The summed E-state index contributed by atoms with van der Waals surface area (Å²) in [7, 11) is 1.76. The Morgan fingerprint density at radius 2 is 2.26 bits per heavy atom. The molecule has 0 spiro atoms. The number of aromatic nitrogens is 2. The van der Waals surface area contributed by atoms with Gasteiger partial charge in [-0.25, -0.2) is 9.37 Å². The van der Waals surface area contributed by atoms with Gasteiger partial charge in [-0.2, -0.15) is 0 Å². The number of carboxylic acids is 1. The highest BCUT2D eigenvalue weighted by Gasteiger charge is 2.17. The van der Waals surface area contributed by atoms with E-state index in [9.17, 15) is 9.18 Å². The van der Waals surface area contributed by atoms with Gasteiger partial charge in [-0.15, -0.1) is 0 Å². The van der Waals surface area contributed by atoms with Crippen molar-refractivity contribution in [2.75, 3.05) is 18.0 Å². The Bertz CT molecular complexity index is 609. The van der Waals surface area contributed by atoms with E-state index in [2.05, 4.69) is 4.98 Å². The van der Waals surface area contributed by atoms with Crippen molar-refractivity contribution in [3.05, 3.63) is 24.0 Å². The number of imidazole rings is 1. The second kappa shape index (κ2) is 5.26. The van der Waals surface area contributed by atoms with Crippen LogP contribution in [0.5, 0.6) is 0 Å². The summed E-state index contributed by atoms with van der Waals surface area (Å²) in [6.45, 7) is 2.44. The lowest BCUT2D eigenvalue weighted by molar-refractivity contribution is -0.135. The van der Waals surface area contributed by atoms with Gasteiger partial charge in [0.05, 0.1) is 11.0 Å². The molecule has 0 fully saturated rings. The van der Waals surface area contributed by atoms with E-state index >= 15 is 0 Å². The summed E-state index contributed by atoms with van der Waals surface area (Å²) >= 11 is 0. The number of benzene rings is 1. The summed E-state index contributed by atoms with van der Waals surface area (Å²) in [5, 5.41) is 8.94. The van der Waals surface area contributed by atoms with E-state index in [1.54, 1.807) is 22.6 Å². The maximum absolute atomic E-state index is 13.2. The van der Waals surface area contributed by atoms with Crippen molar-refractivity contribution in [2.24, 2.45) is 7.05 Å². The largest absolute Gasteiger partial charge is 0.480 e. The summed E-state index contributed by atoms with van der Waals surface area (Å²) in [6.07, 6.45) is 0.810. The SMILES string of the molecule is CCCN(CC(=O)O)c1nc2ccc(F)cc2n1C. The van der Waals surface area contributed by atoms with Crippen LogP contribution in [0.1, 0.15) is 13.3 Å². The number of aryl methyl sites for hydroxylation is 1. The van der Waals surface area contributed by atoms with Crippen LogP contribution in [-0.2, 0) is 11.8 Å². The lowest BCUT2D eigenvalue weighted by atomic mass is 10.3. The average molecular weight is 265 g/mol. The topological polar surface area (TPSA) is 58.4 Å². The van der Waals surface area contributed by atoms with Gasteiger partial charge in [0.2, 0.25) is 5.95 Å². The Morgan fingerprint density at radius 1 is 1.53 bits per heavy atom. The molecule has 102 valence electrons. The predicted molar refractivity (Wildman–Crippen MR) is 70.8 cm³/mol. The van der Waals surface area contributed by atoms with Crippen molar-refractivity contribution in [1.82, 2.24) is 9.55 Å². The Morgan fingerprint density at radius 3 is 2.89 bits per heavy atom. The molecule has 1 heterocycles. The van der Waals surface area contributed by atoms with Crippen molar-refractivity contribution in [1.29, 1.82) is 0 Å². The molecule has 0 aliphatic rings. The summed E-state index contributed by atoms with van der Waals surface area (Å²) in [6, 6.07) is 4.34. The Balaban J connectivity index is 2.47. The van der Waals surface area contributed by atoms with E-state index in [1.165, 1.54) is 12.1 Å². The third-order valence-electron chi connectivity index (χ3n) is 2.92. The molecule has 5 nitrogen and oxygen atoms in total. The normalized spacial score (nSPS) is 10.9. The molecule has 0 radical (unpaired) electrons. The van der Waals surface area contributed by atoms with Crippen LogP contribution < -0.4 is 4.90 Å². The molecule has 6 heteroatoms. The minimum absolute atomic E-state index is 0.118. The first-order valence-electron chi connectivity index (χ1n) is 6.11. The van der Waals surface area contributed by atoms with Crippen LogP contribution in [0.2, 0.25) is 0 Å². The highest BCUT2D eigenvalue weighted by molar-refractivity contribution is 5.80. The fourth-order valence-electron chi connectivity index (χ4n) is 2.12. The minimum Gasteiger partial charge on any atom is -0.480 e.